The molecule has 84 valence electrons. The lowest BCUT2D eigenvalue weighted by molar-refractivity contribution is 0.449. The average molecular weight is 207 g/mol. The summed E-state index contributed by atoms with van der Waals surface area (Å²) in [5.41, 5.74) is 7.94. The second-order valence-corrected chi connectivity index (χ2v) is 5.60. The molecule has 0 amide bonds. The maximum atomic E-state index is 6.01. The largest absolute Gasteiger partial charge is 0.396 e. The summed E-state index contributed by atoms with van der Waals surface area (Å²) in [4.78, 5) is 0. The molecule has 1 aromatic rings. The lowest BCUT2D eigenvalue weighted by Crippen LogP contribution is -2.15. The molecule has 0 spiro atoms. The minimum absolute atomic E-state index is 0.0495. The van der Waals surface area contributed by atoms with E-state index in [1.165, 1.54) is 25.7 Å². The highest BCUT2D eigenvalue weighted by Gasteiger charge is 2.24. The first-order chi connectivity index (χ1) is 6.98. The van der Waals surface area contributed by atoms with Crippen LogP contribution in [-0.4, -0.2) is 9.78 Å². The zero-order chi connectivity index (χ0) is 11.1. The van der Waals surface area contributed by atoms with Crippen LogP contribution in [0.4, 0.5) is 5.69 Å². The second kappa shape index (κ2) is 3.54. The number of hydrogen-bond acceptors (Lipinski definition) is 2. The molecule has 2 N–H and O–H groups in total. The van der Waals surface area contributed by atoms with E-state index in [1.54, 1.807) is 0 Å². The number of nitrogen functional groups attached to an aromatic ring is 1. The molecule has 3 nitrogen and oxygen atoms in total. The first kappa shape index (κ1) is 10.5. The van der Waals surface area contributed by atoms with Crippen LogP contribution < -0.4 is 5.73 Å². The van der Waals surface area contributed by atoms with Crippen LogP contribution in [0.5, 0.6) is 0 Å². The highest BCUT2D eigenvalue weighted by Crippen LogP contribution is 2.32. The summed E-state index contributed by atoms with van der Waals surface area (Å²) in [5.74, 6) is 0. The van der Waals surface area contributed by atoms with E-state index >= 15 is 0 Å². The summed E-state index contributed by atoms with van der Waals surface area (Å²) >= 11 is 0. The van der Waals surface area contributed by atoms with E-state index in [-0.39, 0.29) is 5.41 Å². The van der Waals surface area contributed by atoms with E-state index in [2.05, 4.69) is 30.6 Å². The van der Waals surface area contributed by atoms with Gasteiger partial charge < -0.3 is 5.73 Å². The number of anilines is 1. The average Bonchev–Trinajstić information content (AvgIpc) is 2.68. The fraction of sp³-hybridized carbons (Fsp3) is 0.750. The highest BCUT2D eigenvalue weighted by molar-refractivity contribution is 5.44. The van der Waals surface area contributed by atoms with Gasteiger partial charge in [-0.15, -0.1) is 0 Å². The number of aromatic nitrogens is 2. The molecule has 1 saturated carbocycles. The van der Waals surface area contributed by atoms with Gasteiger partial charge >= 0.3 is 0 Å². The molecule has 1 aliphatic carbocycles. The van der Waals surface area contributed by atoms with Crippen molar-refractivity contribution in [3.63, 3.8) is 0 Å². The summed E-state index contributed by atoms with van der Waals surface area (Å²) in [5, 5.41) is 4.65. The molecule has 0 aromatic carbocycles. The Hall–Kier alpha value is -0.990. The third kappa shape index (κ3) is 2.01. The molecular formula is C12H21N3. The molecule has 0 aliphatic heterocycles. The predicted molar refractivity (Wildman–Crippen MR) is 62.8 cm³/mol. The van der Waals surface area contributed by atoms with Crippen molar-refractivity contribution in [1.82, 2.24) is 9.78 Å². The molecular weight excluding hydrogens is 186 g/mol. The zero-order valence-corrected chi connectivity index (χ0v) is 9.95. The van der Waals surface area contributed by atoms with Gasteiger partial charge in [0.2, 0.25) is 0 Å². The fourth-order valence-corrected chi connectivity index (χ4v) is 2.34. The molecule has 15 heavy (non-hydrogen) atoms. The van der Waals surface area contributed by atoms with Crippen LogP contribution in [0.1, 0.15) is 58.2 Å². The fourth-order valence-electron chi connectivity index (χ4n) is 2.34. The number of nitrogens with two attached hydrogens (primary N) is 1. The molecule has 3 heteroatoms. The maximum absolute atomic E-state index is 6.01. The third-order valence-electron chi connectivity index (χ3n) is 3.17. The Labute approximate surface area is 91.7 Å². The molecule has 1 aliphatic rings. The van der Waals surface area contributed by atoms with E-state index < -0.39 is 0 Å². The minimum Gasteiger partial charge on any atom is -0.396 e. The van der Waals surface area contributed by atoms with Crippen molar-refractivity contribution < 1.29 is 0 Å². The predicted octanol–water partition coefficient (Wildman–Crippen LogP) is 2.88. The quantitative estimate of drug-likeness (QED) is 0.769. The van der Waals surface area contributed by atoms with Gasteiger partial charge in [0.25, 0.3) is 0 Å². The van der Waals surface area contributed by atoms with E-state index in [0.717, 1.165) is 11.4 Å². The SMILES string of the molecule is CC(C)(C)c1nn(C2CCCC2)cc1N. The molecule has 2 rings (SSSR count). The van der Waals surface area contributed by atoms with Crippen molar-refractivity contribution >= 4 is 5.69 Å². The van der Waals surface area contributed by atoms with Crippen LogP contribution in [0.2, 0.25) is 0 Å². The van der Waals surface area contributed by atoms with Gasteiger partial charge in [-0.3, -0.25) is 4.68 Å². The smallest absolute Gasteiger partial charge is 0.0907 e. The lowest BCUT2D eigenvalue weighted by Gasteiger charge is -2.16. The number of nitrogens with zero attached hydrogens (tertiary/aromatic N) is 2. The van der Waals surface area contributed by atoms with Gasteiger partial charge in [0.1, 0.15) is 0 Å². The Bertz CT molecular complexity index is 340. The molecule has 0 saturated heterocycles. The molecule has 1 aromatic heterocycles. The van der Waals surface area contributed by atoms with Gasteiger partial charge in [-0.1, -0.05) is 33.6 Å². The van der Waals surface area contributed by atoms with Crippen LogP contribution in [0.15, 0.2) is 6.20 Å². The zero-order valence-electron chi connectivity index (χ0n) is 9.95. The Morgan fingerprint density at radius 1 is 1.33 bits per heavy atom. The van der Waals surface area contributed by atoms with Gasteiger partial charge in [0.15, 0.2) is 0 Å². The van der Waals surface area contributed by atoms with Crippen LogP contribution in [0.25, 0.3) is 0 Å². The summed E-state index contributed by atoms with van der Waals surface area (Å²) in [6.45, 7) is 6.47. The van der Waals surface area contributed by atoms with Gasteiger partial charge in [-0.25, -0.2) is 0 Å². The molecule has 1 heterocycles. The van der Waals surface area contributed by atoms with Crippen molar-refractivity contribution in [3.05, 3.63) is 11.9 Å². The van der Waals surface area contributed by atoms with Gasteiger partial charge in [0.05, 0.1) is 17.4 Å². The molecule has 0 unspecified atom stereocenters. The summed E-state index contributed by atoms with van der Waals surface area (Å²) in [6, 6.07) is 0.586. The van der Waals surface area contributed by atoms with Crippen molar-refractivity contribution in [3.8, 4) is 0 Å². The monoisotopic (exact) mass is 207 g/mol. The van der Waals surface area contributed by atoms with Crippen molar-refractivity contribution in [2.45, 2.75) is 57.9 Å². The number of rotatable bonds is 1. The van der Waals surface area contributed by atoms with E-state index in [1.807, 2.05) is 6.20 Å². The Kier molecular flexibility index (Phi) is 2.49. The van der Waals surface area contributed by atoms with Crippen molar-refractivity contribution in [1.29, 1.82) is 0 Å². The van der Waals surface area contributed by atoms with Gasteiger partial charge in [0, 0.05) is 11.6 Å². The highest BCUT2D eigenvalue weighted by atomic mass is 15.3. The van der Waals surface area contributed by atoms with Crippen molar-refractivity contribution in [2.24, 2.45) is 0 Å². The van der Waals surface area contributed by atoms with Crippen LogP contribution in [0, 0.1) is 0 Å². The van der Waals surface area contributed by atoms with E-state index in [4.69, 9.17) is 5.73 Å². The minimum atomic E-state index is 0.0495. The Morgan fingerprint density at radius 3 is 2.40 bits per heavy atom. The van der Waals surface area contributed by atoms with E-state index in [0.29, 0.717) is 6.04 Å². The Morgan fingerprint density at radius 2 is 1.93 bits per heavy atom. The van der Waals surface area contributed by atoms with Gasteiger partial charge in [-0.05, 0) is 12.8 Å². The summed E-state index contributed by atoms with van der Waals surface area (Å²) in [7, 11) is 0. The molecule has 0 bridgehead atoms. The first-order valence-electron chi connectivity index (χ1n) is 5.83. The third-order valence-corrected chi connectivity index (χ3v) is 3.17. The molecule has 0 atom stereocenters. The van der Waals surface area contributed by atoms with Crippen LogP contribution in [-0.2, 0) is 5.41 Å². The first-order valence-corrected chi connectivity index (χ1v) is 5.83. The number of hydrogen-bond donors (Lipinski definition) is 1. The van der Waals surface area contributed by atoms with Gasteiger partial charge in [-0.2, -0.15) is 5.10 Å². The topological polar surface area (TPSA) is 43.8 Å². The summed E-state index contributed by atoms with van der Waals surface area (Å²) in [6.07, 6.45) is 7.18. The summed E-state index contributed by atoms with van der Waals surface area (Å²) < 4.78 is 2.09. The second-order valence-electron chi connectivity index (χ2n) is 5.60. The maximum Gasteiger partial charge on any atom is 0.0907 e. The van der Waals surface area contributed by atoms with E-state index in [9.17, 15) is 0 Å². The lowest BCUT2D eigenvalue weighted by atomic mass is 9.92. The molecule has 1 fully saturated rings. The normalized spacial score (nSPS) is 18.6. The standard InChI is InChI=1S/C12H21N3/c1-12(2,3)11-10(13)8-15(14-11)9-6-4-5-7-9/h8-9H,4-7,13H2,1-3H3. The van der Waals surface area contributed by atoms with Crippen molar-refractivity contribution in [2.75, 3.05) is 5.73 Å². The Balaban J connectivity index is 2.28. The van der Waals surface area contributed by atoms with Crippen LogP contribution in [0.3, 0.4) is 0 Å². The van der Waals surface area contributed by atoms with Crippen LogP contribution >= 0.6 is 0 Å². The molecule has 0 radical (unpaired) electrons.